The molecule has 0 unspecified atom stereocenters. The van der Waals surface area contributed by atoms with Gasteiger partial charge < -0.3 is 19.7 Å². The molecule has 1 fully saturated rings. The van der Waals surface area contributed by atoms with E-state index in [1.807, 2.05) is 20.8 Å². The number of carbonyl (C=O) groups is 2. The number of unbranched alkanes of at least 4 members (excludes halogenated alkanes) is 1. The number of hydrogen-bond donors (Lipinski definition) is 3. The molecule has 3 N–H and O–H groups in total. The molecule has 0 radical (unpaired) electrons. The second-order valence-electron chi connectivity index (χ2n) is 7.41. The third-order valence-corrected chi connectivity index (χ3v) is 4.54. The predicted octanol–water partition coefficient (Wildman–Crippen LogP) is 0.361. The van der Waals surface area contributed by atoms with Crippen molar-refractivity contribution in [3.8, 4) is 5.75 Å². The van der Waals surface area contributed by atoms with Crippen molar-refractivity contribution in [2.75, 3.05) is 38.3 Å². The maximum atomic E-state index is 12.6. The van der Waals surface area contributed by atoms with Gasteiger partial charge in [-0.2, -0.15) is 0 Å². The van der Waals surface area contributed by atoms with Gasteiger partial charge in [0.1, 0.15) is 6.04 Å². The maximum absolute atomic E-state index is 12.6. The normalized spacial score (nSPS) is 15.2. The minimum absolute atomic E-state index is 0.0674. The van der Waals surface area contributed by atoms with E-state index in [9.17, 15) is 19.2 Å². The number of amides is 3. The van der Waals surface area contributed by atoms with Crippen LogP contribution in [0.5, 0.6) is 5.75 Å². The summed E-state index contributed by atoms with van der Waals surface area (Å²) in [5.74, 6) is -0.427. The summed E-state index contributed by atoms with van der Waals surface area (Å²) < 4.78 is 10.5. The van der Waals surface area contributed by atoms with Gasteiger partial charge in [-0.25, -0.2) is 4.79 Å². The Morgan fingerprint density at radius 3 is 2.48 bits per heavy atom. The quantitative estimate of drug-likeness (QED) is 0.289. The molecule has 0 aromatic heterocycles. The molecule has 1 saturated heterocycles. The first-order valence-corrected chi connectivity index (χ1v) is 10.00. The van der Waals surface area contributed by atoms with Crippen LogP contribution >= 0.6 is 0 Å². The molecule has 3 amide bonds. The lowest BCUT2D eigenvalue weighted by Gasteiger charge is -2.29. The number of morpholine rings is 1. The van der Waals surface area contributed by atoms with Crippen LogP contribution in [-0.2, 0) is 9.53 Å². The summed E-state index contributed by atoms with van der Waals surface area (Å²) >= 11 is 0. The van der Waals surface area contributed by atoms with Crippen molar-refractivity contribution in [2.24, 2.45) is 5.92 Å². The molecule has 2 rings (SSSR count). The molecule has 1 aromatic rings. The molecule has 29 heavy (non-hydrogen) atoms. The van der Waals surface area contributed by atoms with Gasteiger partial charge >= 0.3 is 6.03 Å². The largest absolute Gasteiger partial charge is 0.487 e. The zero-order chi connectivity index (χ0) is 21.4. The predicted molar refractivity (Wildman–Crippen MR) is 108 cm³/mol. The van der Waals surface area contributed by atoms with E-state index in [1.165, 1.54) is 0 Å². The first kappa shape index (κ1) is 22.7. The Kier molecular flexibility index (Phi) is 8.44. The Morgan fingerprint density at radius 1 is 1.17 bits per heavy atom. The minimum Gasteiger partial charge on any atom is -0.487 e. The van der Waals surface area contributed by atoms with Crippen molar-refractivity contribution >= 4 is 17.6 Å². The zero-order valence-corrected chi connectivity index (χ0v) is 17.2. The number of anilines is 1. The second-order valence-corrected chi connectivity index (χ2v) is 7.41. The van der Waals surface area contributed by atoms with E-state index in [-0.39, 0.29) is 23.4 Å². The Morgan fingerprint density at radius 2 is 1.86 bits per heavy atom. The summed E-state index contributed by atoms with van der Waals surface area (Å²) in [7, 11) is 0. The molecule has 0 aliphatic carbocycles. The molecule has 10 nitrogen and oxygen atoms in total. The van der Waals surface area contributed by atoms with Crippen molar-refractivity contribution in [3.05, 3.63) is 20.4 Å². The van der Waals surface area contributed by atoms with Gasteiger partial charge in [0.25, 0.3) is 16.8 Å². The third-order valence-electron chi connectivity index (χ3n) is 4.54. The molecule has 10 heteroatoms. The molecule has 1 aromatic carbocycles. The highest BCUT2D eigenvalue weighted by Gasteiger charge is 2.27. The lowest BCUT2D eigenvalue weighted by molar-refractivity contribution is -0.122. The van der Waals surface area contributed by atoms with Crippen LogP contribution in [0, 0.1) is 5.92 Å². The minimum atomic E-state index is -0.797. The highest BCUT2D eigenvalue weighted by molar-refractivity contribution is 5.88. The summed E-state index contributed by atoms with van der Waals surface area (Å²) in [6.45, 7) is 8.00. The van der Waals surface area contributed by atoms with Crippen LogP contribution in [0.4, 0.5) is 10.5 Å². The van der Waals surface area contributed by atoms with Crippen molar-refractivity contribution < 1.29 is 19.1 Å². The molecule has 1 atom stereocenters. The van der Waals surface area contributed by atoms with Gasteiger partial charge in [-0.1, -0.05) is 27.2 Å². The number of hydrogen-bond acceptors (Lipinski definition) is 7. The number of nitrogens with one attached hydrogen (secondary N) is 3. The molecular formula is C19H30N4O6. The Labute approximate surface area is 169 Å². The molecule has 1 aliphatic rings. The number of hydrazine groups is 1. The Balaban J connectivity index is 1.96. The standard InChI is InChI=1S/C19H30N4O6/c1-4-5-8-29-17-14(15(24)16(17)25)21-22-18(26)13(11-12(2)3)20-19(27)23-6-9-28-10-7-23/h12-13,21H,4-11H2,1-3H3,(H,20,27)(H,22,26)/t13-/m0/s1. The van der Waals surface area contributed by atoms with E-state index in [1.54, 1.807) is 4.90 Å². The van der Waals surface area contributed by atoms with Gasteiger partial charge in [-0.15, -0.1) is 0 Å². The summed E-state index contributed by atoms with van der Waals surface area (Å²) in [5.41, 5.74) is 3.37. The highest BCUT2D eigenvalue weighted by atomic mass is 16.5. The van der Waals surface area contributed by atoms with Gasteiger partial charge in [0, 0.05) is 13.1 Å². The number of carbonyl (C=O) groups excluding carboxylic acids is 2. The van der Waals surface area contributed by atoms with Crippen molar-refractivity contribution in [2.45, 2.75) is 46.1 Å². The summed E-state index contributed by atoms with van der Waals surface area (Å²) in [4.78, 5) is 50.0. The summed E-state index contributed by atoms with van der Waals surface area (Å²) in [5, 5.41) is 2.73. The second kappa shape index (κ2) is 10.8. The summed E-state index contributed by atoms with van der Waals surface area (Å²) in [6, 6.07) is -1.14. The van der Waals surface area contributed by atoms with Gasteiger partial charge in [0.15, 0.2) is 11.4 Å². The van der Waals surface area contributed by atoms with Crippen molar-refractivity contribution in [1.29, 1.82) is 0 Å². The summed E-state index contributed by atoms with van der Waals surface area (Å²) in [6.07, 6.45) is 2.04. The van der Waals surface area contributed by atoms with Gasteiger partial charge in [-0.05, 0) is 18.8 Å². The van der Waals surface area contributed by atoms with Gasteiger partial charge in [0.05, 0.1) is 19.8 Å². The molecule has 0 spiro atoms. The first-order chi connectivity index (χ1) is 13.8. The van der Waals surface area contributed by atoms with E-state index in [4.69, 9.17) is 9.47 Å². The van der Waals surface area contributed by atoms with Gasteiger partial charge in [0.2, 0.25) is 0 Å². The van der Waals surface area contributed by atoms with Gasteiger partial charge in [-0.3, -0.25) is 25.2 Å². The highest BCUT2D eigenvalue weighted by Crippen LogP contribution is 2.17. The van der Waals surface area contributed by atoms with E-state index in [2.05, 4.69) is 16.2 Å². The number of urea groups is 1. The average molecular weight is 410 g/mol. The van der Waals surface area contributed by atoms with Crippen LogP contribution in [0.1, 0.15) is 40.0 Å². The smallest absolute Gasteiger partial charge is 0.318 e. The third kappa shape index (κ3) is 6.18. The Hall–Kier alpha value is -2.62. The van der Waals surface area contributed by atoms with Crippen LogP contribution in [0.25, 0.3) is 0 Å². The molecule has 1 heterocycles. The van der Waals surface area contributed by atoms with E-state index in [0.29, 0.717) is 39.3 Å². The first-order valence-electron chi connectivity index (χ1n) is 10.00. The number of ether oxygens (including phenoxy) is 2. The number of nitrogens with zero attached hydrogens (tertiary/aromatic N) is 1. The SMILES string of the molecule is CCCCOc1c(NNC(=O)[C@H](CC(C)C)NC(=O)N2CCOCC2)c(=O)c1=O. The van der Waals surface area contributed by atoms with Crippen LogP contribution in [0.15, 0.2) is 9.59 Å². The van der Waals surface area contributed by atoms with Crippen molar-refractivity contribution in [3.63, 3.8) is 0 Å². The number of rotatable bonds is 10. The molecule has 162 valence electrons. The van der Waals surface area contributed by atoms with E-state index in [0.717, 1.165) is 12.8 Å². The lowest BCUT2D eigenvalue weighted by Crippen LogP contribution is -2.55. The van der Waals surface area contributed by atoms with Crippen molar-refractivity contribution in [1.82, 2.24) is 15.6 Å². The van der Waals surface area contributed by atoms with E-state index >= 15 is 0 Å². The fourth-order valence-electron chi connectivity index (χ4n) is 2.86. The maximum Gasteiger partial charge on any atom is 0.318 e. The molecule has 1 aliphatic heterocycles. The monoisotopic (exact) mass is 410 g/mol. The molecular weight excluding hydrogens is 380 g/mol. The van der Waals surface area contributed by atoms with Crippen LogP contribution in [0.2, 0.25) is 0 Å². The Bertz CT molecular complexity index is 765. The lowest BCUT2D eigenvalue weighted by atomic mass is 10.0. The molecule has 0 bridgehead atoms. The van der Waals surface area contributed by atoms with Crippen LogP contribution < -0.4 is 31.8 Å². The zero-order valence-electron chi connectivity index (χ0n) is 17.2. The van der Waals surface area contributed by atoms with E-state index < -0.39 is 22.8 Å². The fourth-order valence-corrected chi connectivity index (χ4v) is 2.86. The van der Waals surface area contributed by atoms with Crippen LogP contribution in [-0.4, -0.2) is 55.8 Å². The van der Waals surface area contributed by atoms with Crippen LogP contribution in [0.3, 0.4) is 0 Å². The molecule has 0 saturated carbocycles. The topological polar surface area (TPSA) is 126 Å². The average Bonchev–Trinajstić information content (AvgIpc) is 2.71. The fraction of sp³-hybridized carbons (Fsp3) is 0.684.